The zero-order valence-electron chi connectivity index (χ0n) is 16.3. The normalized spacial score (nSPS) is 12.8. The molecule has 9 nitrogen and oxygen atoms in total. The lowest BCUT2D eigenvalue weighted by Gasteiger charge is -2.09. The average Bonchev–Trinajstić information content (AvgIpc) is 3.21. The first kappa shape index (κ1) is 20.7. The number of ether oxygens (including phenoxy) is 1. The van der Waals surface area contributed by atoms with Crippen LogP contribution < -0.4 is 14.8 Å². The molecule has 1 atom stereocenters. The minimum Gasteiger partial charge on any atom is -0.487 e. The third kappa shape index (κ3) is 5.76. The lowest BCUT2D eigenvalue weighted by atomic mass is 10.1. The maximum atomic E-state index is 11.4. The second kappa shape index (κ2) is 9.09. The van der Waals surface area contributed by atoms with Crippen LogP contribution in [-0.4, -0.2) is 20.0 Å². The summed E-state index contributed by atoms with van der Waals surface area (Å²) >= 11 is 0. The third-order valence-electron chi connectivity index (χ3n) is 4.23. The van der Waals surface area contributed by atoms with Crippen molar-refractivity contribution in [3.8, 4) is 23.0 Å². The molecule has 10 heteroatoms. The fourth-order valence-electron chi connectivity index (χ4n) is 2.85. The predicted octanol–water partition coefficient (Wildman–Crippen LogP) is 3.74. The predicted molar refractivity (Wildman–Crippen MR) is 112 cm³/mol. The van der Waals surface area contributed by atoms with Crippen LogP contribution in [0.25, 0.3) is 11.3 Å². The highest BCUT2D eigenvalue weighted by atomic mass is 31.2. The molecule has 1 aromatic carbocycles. The van der Waals surface area contributed by atoms with Gasteiger partial charge in [0.15, 0.2) is 5.76 Å². The van der Waals surface area contributed by atoms with Gasteiger partial charge in [0.25, 0.3) is 0 Å². The topological polar surface area (TPSA) is 134 Å². The Morgan fingerprint density at radius 2 is 1.81 bits per heavy atom. The zero-order valence-corrected chi connectivity index (χ0v) is 17.2. The molecule has 0 aliphatic heterocycles. The van der Waals surface area contributed by atoms with E-state index >= 15 is 0 Å². The van der Waals surface area contributed by atoms with Gasteiger partial charge in [0.1, 0.15) is 12.4 Å². The number of nitrogens with two attached hydrogens (primary N) is 1. The Balaban J connectivity index is 1.42. The highest BCUT2D eigenvalue weighted by Crippen LogP contribution is 2.38. The van der Waals surface area contributed by atoms with Crippen LogP contribution in [0.15, 0.2) is 77.6 Å². The standard InChI is InChI=1S/C21H19N4O5P/c22-31(26,27)30-21-19(5-3-11-24-21)20-13-17(25-29-20)12-15-6-8-18(9-7-15)28-14-16-4-1-2-10-23-16/h1-11,13H,12,14H2,(H3,22,26,27). The van der Waals surface area contributed by atoms with Crippen LogP contribution >= 0.6 is 7.75 Å². The Bertz CT molecular complexity index is 1190. The van der Waals surface area contributed by atoms with Gasteiger partial charge in [-0.3, -0.25) is 4.98 Å². The smallest absolute Gasteiger partial charge is 0.454 e. The summed E-state index contributed by atoms with van der Waals surface area (Å²) in [5.41, 5.74) is 7.99. The van der Waals surface area contributed by atoms with Crippen molar-refractivity contribution < 1.29 is 23.2 Å². The van der Waals surface area contributed by atoms with Crippen LogP contribution in [0, 0.1) is 0 Å². The minimum absolute atomic E-state index is 0.104. The van der Waals surface area contributed by atoms with Gasteiger partial charge >= 0.3 is 7.75 Å². The lowest BCUT2D eigenvalue weighted by Crippen LogP contribution is -2.02. The minimum atomic E-state index is -4.25. The lowest BCUT2D eigenvalue weighted by molar-refractivity contribution is 0.301. The van der Waals surface area contributed by atoms with E-state index in [1.54, 1.807) is 24.4 Å². The fraction of sp³-hybridized carbons (Fsp3) is 0.0952. The first-order chi connectivity index (χ1) is 15.0. The summed E-state index contributed by atoms with van der Waals surface area (Å²) in [5.74, 6) is 0.984. The van der Waals surface area contributed by atoms with Gasteiger partial charge in [-0.15, -0.1) is 0 Å². The van der Waals surface area contributed by atoms with Gasteiger partial charge in [-0.1, -0.05) is 23.4 Å². The number of aromatic nitrogens is 3. The summed E-state index contributed by atoms with van der Waals surface area (Å²) < 4.78 is 27.4. The number of pyridine rings is 2. The zero-order chi connectivity index (χ0) is 21.7. The molecular weight excluding hydrogens is 419 g/mol. The Morgan fingerprint density at radius 3 is 2.55 bits per heavy atom. The number of hydrogen-bond donors (Lipinski definition) is 2. The van der Waals surface area contributed by atoms with E-state index in [9.17, 15) is 9.46 Å². The van der Waals surface area contributed by atoms with Gasteiger partial charge in [-0.2, -0.15) is 0 Å². The Morgan fingerprint density at radius 1 is 1.00 bits per heavy atom. The Labute approximate surface area is 178 Å². The van der Waals surface area contributed by atoms with Crippen LogP contribution in [0.1, 0.15) is 17.0 Å². The molecule has 158 valence electrons. The van der Waals surface area contributed by atoms with E-state index in [-0.39, 0.29) is 5.88 Å². The molecule has 0 fully saturated rings. The van der Waals surface area contributed by atoms with Crippen LogP contribution in [0.3, 0.4) is 0 Å². The fourth-order valence-corrected chi connectivity index (χ4v) is 3.24. The monoisotopic (exact) mass is 438 g/mol. The van der Waals surface area contributed by atoms with Crippen molar-refractivity contribution in [2.45, 2.75) is 13.0 Å². The van der Waals surface area contributed by atoms with Crippen molar-refractivity contribution >= 4 is 7.75 Å². The molecular formula is C21H19N4O5P. The molecule has 1 unspecified atom stereocenters. The summed E-state index contributed by atoms with van der Waals surface area (Å²) in [5, 5.41) is 4.06. The molecule has 3 heterocycles. The van der Waals surface area contributed by atoms with Gasteiger partial charge in [-0.05, 0) is 42.0 Å². The molecule has 0 aliphatic carbocycles. The quantitative estimate of drug-likeness (QED) is 0.395. The molecule has 0 saturated heterocycles. The second-order valence-electron chi connectivity index (χ2n) is 6.62. The van der Waals surface area contributed by atoms with Crippen molar-refractivity contribution in [1.82, 2.24) is 15.1 Å². The van der Waals surface area contributed by atoms with Crippen molar-refractivity contribution in [3.05, 3.63) is 90.0 Å². The van der Waals surface area contributed by atoms with Crippen LogP contribution in [0.5, 0.6) is 11.6 Å². The van der Waals surface area contributed by atoms with E-state index < -0.39 is 7.75 Å². The van der Waals surface area contributed by atoms with Gasteiger partial charge in [0, 0.05) is 24.9 Å². The average molecular weight is 438 g/mol. The molecule has 0 radical (unpaired) electrons. The molecule has 4 aromatic rings. The molecule has 3 N–H and O–H groups in total. The van der Waals surface area contributed by atoms with E-state index in [0.29, 0.717) is 30.0 Å². The molecule has 0 spiro atoms. The Hall–Kier alpha value is -3.52. The summed E-state index contributed by atoms with van der Waals surface area (Å²) in [7, 11) is -4.25. The molecule has 0 aliphatic rings. The van der Waals surface area contributed by atoms with Gasteiger partial charge in [0.2, 0.25) is 5.88 Å². The number of nitrogens with zero attached hydrogens (tertiary/aromatic N) is 3. The van der Waals surface area contributed by atoms with E-state index in [1.165, 1.54) is 6.20 Å². The second-order valence-corrected chi connectivity index (χ2v) is 7.94. The Kier molecular flexibility index (Phi) is 6.08. The first-order valence-electron chi connectivity index (χ1n) is 9.30. The van der Waals surface area contributed by atoms with Crippen molar-refractivity contribution in [2.75, 3.05) is 0 Å². The molecule has 4 rings (SSSR count). The van der Waals surface area contributed by atoms with Crippen molar-refractivity contribution in [2.24, 2.45) is 5.50 Å². The SMILES string of the molecule is NP(=O)(O)Oc1ncccc1-c1cc(Cc2ccc(OCc3ccccn3)cc2)no1. The number of rotatable bonds is 8. The van der Waals surface area contributed by atoms with Crippen LogP contribution in [0.4, 0.5) is 0 Å². The summed E-state index contributed by atoms with van der Waals surface area (Å²) in [6.07, 6.45) is 3.67. The molecule has 0 amide bonds. The highest BCUT2D eigenvalue weighted by Gasteiger charge is 2.20. The van der Waals surface area contributed by atoms with E-state index in [1.807, 2.05) is 42.5 Å². The molecule has 0 bridgehead atoms. The van der Waals surface area contributed by atoms with Gasteiger partial charge < -0.3 is 18.7 Å². The first-order valence-corrected chi connectivity index (χ1v) is 10.9. The summed E-state index contributed by atoms with van der Waals surface area (Å²) in [6, 6.07) is 18.3. The molecule has 3 aromatic heterocycles. The van der Waals surface area contributed by atoms with Crippen molar-refractivity contribution in [3.63, 3.8) is 0 Å². The maximum Gasteiger partial charge on any atom is 0.454 e. The number of hydrogen-bond acceptors (Lipinski definition) is 7. The van der Waals surface area contributed by atoms with Crippen LogP contribution in [0.2, 0.25) is 0 Å². The summed E-state index contributed by atoms with van der Waals surface area (Å²) in [4.78, 5) is 17.4. The van der Waals surface area contributed by atoms with E-state index in [0.717, 1.165) is 17.0 Å². The van der Waals surface area contributed by atoms with Gasteiger partial charge in [-0.25, -0.2) is 15.1 Å². The highest BCUT2D eigenvalue weighted by molar-refractivity contribution is 7.50. The number of benzene rings is 1. The third-order valence-corrected chi connectivity index (χ3v) is 4.67. The molecule has 31 heavy (non-hydrogen) atoms. The van der Waals surface area contributed by atoms with Crippen molar-refractivity contribution in [1.29, 1.82) is 0 Å². The van der Waals surface area contributed by atoms with Crippen LogP contribution in [-0.2, 0) is 17.6 Å². The van der Waals surface area contributed by atoms with Gasteiger partial charge in [0.05, 0.1) is 17.0 Å². The van der Waals surface area contributed by atoms with E-state index in [2.05, 4.69) is 15.1 Å². The largest absolute Gasteiger partial charge is 0.487 e. The van der Waals surface area contributed by atoms with E-state index in [4.69, 9.17) is 19.3 Å². The maximum absolute atomic E-state index is 11.4. The summed E-state index contributed by atoms with van der Waals surface area (Å²) in [6.45, 7) is 0.395. The molecule has 0 saturated carbocycles.